The second kappa shape index (κ2) is 4.98. The van der Waals surface area contributed by atoms with Gasteiger partial charge in [0.25, 0.3) is 0 Å². The summed E-state index contributed by atoms with van der Waals surface area (Å²) in [6, 6.07) is 0. The van der Waals surface area contributed by atoms with Crippen molar-refractivity contribution in [3.05, 3.63) is 0 Å². The molecule has 0 rings (SSSR count). The molecule has 0 aliphatic rings. The summed E-state index contributed by atoms with van der Waals surface area (Å²) < 4.78 is 8.66. The van der Waals surface area contributed by atoms with E-state index in [4.69, 9.17) is 19.2 Å². The molecular weight excluding hydrogens is 135 g/mol. The van der Waals surface area contributed by atoms with E-state index in [1.54, 1.807) is 0 Å². The first-order chi connectivity index (χ1) is 2.00. The van der Waals surface area contributed by atoms with Crippen molar-refractivity contribution in [2.75, 3.05) is 0 Å². The third kappa shape index (κ3) is 229. The van der Waals surface area contributed by atoms with Crippen LogP contribution in [0.25, 0.3) is 0 Å². The zero-order valence-corrected chi connectivity index (χ0v) is 5.63. The molecule has 0 aliphatic heterocycles. The van der Waals surface area contributed by atoms with E-state index in [9.17, 15) is 0 Å². The van der Waals surface area contributed by atoms with Gasteiger partial charge in [0, 0.05) is 0 Å². The van der Waals surface area contributed by atoms with Crippen molar-refractivity contribution < 1.29 is 24.7 Å². The van der Waals surface area contributed by atoms with E-state index in [1.165, 1.54) is 0 Å². The van der Waals surface area contributed by atoms with Crippen LogP contribution in [0.4, 0.5) is 0 Å². The van der Waals surface area contributed by atoms with E-state index in [-0.39, 0.29) is 28.5 Å². The van der Waals surface area contributed by atoms with Crippen molar-refractivity contribution in [1.29, 1.82) is 0 Å². The fourth-order valence-corrected chi connectivity index (χ4v) is 0. The van der Waals surface area contributed by atoms with Gasteiger partial charge < -0.3 is 24.7 Å². The fourth-order valence-electron chi connectivity index (χ4n) is 0. The van der Waals surface area contributed by atoms with Gasteiger partial charge in [0.2, 0.25) is 0 Å². The van der Waals surface area contributed by atoms with E-state index < -0.39 is 7.82 Å². The summed E-state index contributed by atoms with van der Waals surface area (Å²) in [5.74, 6) is 0. The van der Waals surface area contributed by atoms with Crippen LogP contribution < -0.4 is 9.79 Å². The van der Waals surface area contributed by atoms with Crippen LogP contribution in [0.1, 0.15) is 0 Å². The predicted octanol–water partition coefficient (Wildman–Crippen LogP) is -3.40. The van der Waals surface area contributed by atoms with Crippen molar-refractivity contribution >= 4 is 30.9 Å². The van der Waals surface area contributed by atoms with Gasteiger partial charge in [-0.15, -0.1) is 0 Å². The summed E-state index contributed by atoms with van der Waals surface area (Å²) in [6.45, 7) is 0. The first kappa shape index (κ1) is 15.7. The molecule has 5 nitrogen and oxygen atoms in total. The standard InChI is InChI=1S/Mg.H3O4P.H2O/c;1-5(2,3)4;/h;(H3,1,2,3,4);1H2/q+2;;/p-2. The van der Waals surface area contributed by atoms with Crippen molar-refractivity contribution in [2.45, 2.75) is 0 Å². The molecule has 40 valence electrons. The first-order valence-corrected chi connectivity index (χ1v) is 2.24. The van der Waals surface area contributed by atoms with Crippen molar-refractivity contribution in [2.24, 2.45) is 0 Å². The molecule has 0 unspecified atom stereocenters. The minimum absolute atomic E-state index is 0. The third-order valence-electron chi connectivity index (χ3n) is 0. The molecule has 0 aromatic carbocycles. The predicted molar refractivity (Wildman–Crippen MR) is 19.2 cm³/mol. The van der Waals surface area contributed by atoms with Crippen LogP contribution in [-0.2, 0) is 4.57 Å². The van der Waals surface area contributed by atoms with E-state index >= 15 is 0 Å². The second-order valence-corrected chi connectivity index (χ2v) is 1.41. The molecule has 0 aromatic heterocycles. The monoisotopic (exact) mass is 138 g/mol. The van der Waals surface area contributed by atoms with Gasteiger partial charge >= 0.3 is 23.1 Å². The fraction of sp³-hybridized carbons (Fsp3) is 0. The summed E-state index contributed by atoms with van der Waals surface area (Å²) in [4.78, 5) is 24.3. The second-order valence-electron chi connectivity index (χ2n) is 0.469. The molecule has 0 spiro atoms. The summed E-state index contributed by atoms with van der Waals surface area (Å²) >= 11 is 0. The van der Waals surface area contributed by atoms with Crippen LogP contribution in [0.3, 0.4) is 0 Å². The summed E-state index contributed by atoms with van der Waals surface area (Å²) in [5, 5.41) is 0. The maximum absolute atomic E-state index is 8.66. The number of hydrogen-bond acceptors (Lipinski definition) is 3. The number of rotatable bonds is 0. The number of hydrogen-bond donors (Lipinski definition) is 1. The van der Waals surface area contributed by atoms with E-state index in [1.807, 2.05) is 0 Å². The Balaban J connectivity index is -0.0000000800. The Kier molecular flexibility index (Phi) is 11.1. The average molecular weight is 138 g/mol. The molecule has 0 saturated carbocycles. The summed E-state index contributed by atoms with van der Waals surface area (Å²) in [7, 11) is -5.14. The summed E-state index contributed by atoms with van der Waals surface area (Å²) in [5.41, 5.74) is 0. The molecule has 0 bridgehead atoms. The van der Waals surface area contributed by atoms with E-state index in [0.29, 0.717) is 0 Å². The molecule has 0 radical (unpaired) electrons. The molecule has 7 heteroatoms. The van der Waals surface area contributed by atoms with E-state index in [2.05, 4.69) is 0 Å². The molecule has 0 atom stereocenters. The van der Waals surface area contributed by atoms with Gasteiger partial charge in [-0.2, -0.15) is 0 Å². The van der Waals surface area contributed by atoms with Crippen LogP contribution >= 0.6 is 7.82 Å². The van der Waals surface area contributed by atoms with Crippen LogP contribution in [0, 0.1) is 0 Å². The molecule has 3 N–H and O–H groups in total. The molecule has 0 saturated heterocycles. The zero-order chi connectivity index (χ0) is 4.50. The largest absolute Gasteiger partial charge is 2.00 e. The Labute approximate surface area is 56.1 Å². The third-order valence-corrected chi connectivity index (χ3v) is 0. The molecule has 7 heavy (non-hydrogen) atoms. The smallest absolute Gasteiger partial charge is 0.790 e. The zero-order valence-electron chi connectivity index (χ0n) is 3.33. The molecule has 0 heterocycles. The van der Waals surface area contributed by atoms with Gasteiger partial charge in [-0.1, -0.05) is 0 Å². The average Bonchev–Trinajstić information content (AvgIpc) is 0.722. The van der Waals surface area contributed by atoms with Crippen LogP contribution in [-0.4, -0.2) is 33.4 Å². The van der Waals surface area contributed by atoms with Crippen molar-refractivity contribution in [3.8, 4) is 0 Å². The molecular formula is H3MgO5P. The Hall–Kier alpha value is 0.836. The Bertz CT molecular complexity index is 54.2. The van der Waals surface area contributed by atoms with Gasteiger partial charge in [-0.05, 0) is 0 Å². The summed E-state index contributed by atoms with van der Waals surface area (Å²) in [6.07, 6.45) is 0. The molecule has 0 aliphatic carbocycles. The Morgan fingerprint density at radius 2 is 1.43 bits per heavy atom. The maximum Gasteiger partial charge on any atom is 2.00 e. The minimum Gasteiger partial charge on any atom is -0.790 e. The number of phosphoric acid groups is 1. The van der Waals surface area contributed by atoms with Gasteiger partial charge in [0.05, 0.1) is 7.82 Å². The van der Waals surface area contributed by atoms with Crippen LogP contribution in [0.5, 0.6) is 0 Å². The quantitative estimate of drug-likeness (QED) is 0.277. The van der Waals surface area contributed by atoms with Crippen LogP contribution in [0.2, 0.25) is 0 Å². The van der Waals surface area contributed by atoms with Gasteiger partial charge in [0.15, 0.2) is 0 Å². The van der Waals surface area contributed by atoms with Gasteiger partial charge in [-0.3, -0.25) is 0 Å². The first-order valence-electron chi connectivity index (χ1n) is 0.748. The van der Waals surface area contributed by atoms with Crippen molar-refractivity contribution in [3.63, 3.8) is 0 Å². The topological polar surface area (TPSA) is 115 Å². The SMILES string of the molecule is O.O=P([O-])([O-])O.[Mg+2]. The maximum atomic E-state index is 8.66. The molecule has 0 aromatic rings. The molecule has 0 fully saturated rings. The normalized spacial score (nSPS) is 8.43. The van der Waals surface area contributed by atoms with E-state index in [0.717, 1.165) is 0 Å². The molecule has 0 amide bonds. The Morgan fingerprint density at radius 3 is 1.43 bits per heavy atom. The minimum atomic E-state index is -5.14. The van der Waals surface area contributed by atoms with Gasteiger partial charge in [-0.25, -0.2) is 0 Å². The van der Waals surface area contributed by atoms with Gasteiger partial charge in [0.1, 0.15) is 0 Å². The van der Waals surface area contributed by atoms with Crippen molar-refractivity contribution in [1.82, 2.24) is 0 Å². The Morgan fingerprint density at radius 1 is 1.43 bits per heavy atom. The van der Waals surface area contributed by atoms with Crippen LogP contribution in [0.15, 0.2) is 0 Å².